The smallest absolute Gasteiger partial charge is 0.243 e. The first-order valence-electron chi connectivity index (χ1n) is 11.1. The number of fused-ring (bicyclic) bond motifs is 1. The SMILES string of the molecule is COc1ccccc1NC(=O)C1CCN(S(=O)(=O)c2ccc3c(c2)C[C@H](C)N3C(C)=O)CC1. The molecule has 0 aromatic heterocycles. The second-order valence-corrected chi connectivity index (χ2v) is 10.5. The molecule has 9 heteroatoms. The van der Waals surface area contributed by atoms with Crippen molar-refractivity contribution in [3.63, 3.8) is 0 Å². The molecular formula is C24H29N3O5S. The Morgan fingerprint density at radius 1 is 1.09 bits per heavy atom. The number of sulfonamides is 1. The first kappa shape index (κ1) is 23.3. The fourth-order valence-corrected chi connectivity index (χ4v) is 6.26. The monoisotopic (exact) mass is 471 g/mol. The third kappa shape index (κ3) is 4.47. The molecule has 0 aliphatic carbocycles. The van der Waals surface area contributed by atoms with Crippen LogP contribution in [-0.2, 0) is 26.0 Å². The van der Waals surface area contributed by atoms with E-state index in [1.165, 1.54) is 11.2 Å². The van der Waals surface area contributed by atoms with Crippen LogP contribution in [0.5, 0.6) is 5.75 Å². The number of nitrogens with zero attached hydrogens (tertiary/aromatic N) is 2. The average Bonchev–Trinajstić information content (AvgIpc) is 3.14. The van der Waals surface area contributed by atoms with Gasteiger partial charge in [0, 0.05) is 37.7 Å². The number of amides is 2. The normalized spacial score (nSPS) is 19.2. The van der Waals surface area contributed by atoms with Crippen molar-refractivity contribution in [2.75, 3.05) is 30.4 Å². The number of hydrogen-bond acceptors (Lipinski definition) is 5. The van der Waals surface area contributed by atoms with Crippen molar-refractivity contribution in [2.45, 2.75) is 44.0 Å². The minimum atomic E-state index is -3.68. The zero-order chi connectivity index (χ0) is 23.8. The number of carbonyl (C=O) groups is 2. The first-order chi connectivity index (χ1) is 15.7. The summed E-state index contributed by atoms with van der Waals surface area (Å²) < 4.78 is 33.3. The van der Waals surface area contributed by atoms with E-state index in [2.05, 4.69) is 5.32 Å². The summed E-state index contributed by atoms with van der Waals surface area (Å²) in [5.74, 6) is 0.129. The van der Waals surface area contributed by atoms with E-state index in [1.54, 1.807) is 42.3 Å². The highest BCUT2D eigenvalue weighted by atomic mass is 32.2. The van der Waals surface area contributed by atoms with E-state index < -0.39 is 10.0 Å². The van der Waals surface area contributed by atoms with Crippen molar-refractivity contribution in [1.82, 2.24) is 4.31 Å². The van der Waals surface area contributed by atoms with Crippen molar-refractivity contribution in [3.8, 4) is 5.75 Å². The lowest BCUT2D eigenvalue weighted by Crippen LogP contribution is -2.41. The van der Waals surface area contributed by atoms with Gasteiger partial charge in [-0.2, -0.15) is 4.31 Å². The van der Waals surface area contributed by atoms with Crippen LogP contribution in [0, 0.1) is 5.92 Å². The molecule has 2 heterocycles. The zero-order valence-electron chi connectivity index (χ0n) is 19.1. The molecule has 176 valence electrons. The molecule has 2 aliphatic rings. The predicted octanol–water partition coefficient (Wildman–Crippen LogP) is 3.03. The summed E-state index contributed by atoms with van der Waals surface area (Å²) in [5, 5.41) is 2.90. The number of rotatable bonds is 5. The van der Waals surface area contributed by atoms with Gasteiger partial charge in [0.25, 0.3) is 0 Å². The van der Waals surface area contributed by atoms with Gasteiger partial charge < -0.3 is 15.0 Å². The van der Waals surface area contributed by atoms with E-state index in [-0.39, 0.29) is 41.8 Å². The minimum absolute atomic E-state index is 0.00736. The summed E-state index contributed by atoms with van der Waals surface area (Å²) in [5.41, 5.74) is 2.25. The van der Waals surface area contributed by atoms with Gasteiger partial charge in [-0.25, -0.2) is 8.42 Å². The Hall–Kier alpha value is -2.91. The van der Waals surface area contributed by atoms with Crippen LogP contribution in [-0.4, -0.2) is 50.8 Å². The van der Waals surface area contributed by atoms with Gasteiger partial charge >= 0.3 is 0 Å². The van der Waals surface area contributed by atoms with Crippen LogP contribution in [0.3, 0.4) is 0 Å². The number of nitrogens with one attached hydrogen (secondary N) is 1. The molecule has 2 aromatic carbocycles. The fourth-order valence-electron chi connectivity index (χ4n) is 4.74. The van der Waals surface area contributed by atoms with Crippen molar-refractivity contribution < 1.29 is 22.7 Å². The van der Waals surface area contributed by atoms with Crippen molar-refractivity contribution in [2.24, 2.45) is 5.92 Å². The van der Waals surface area contributed by atoms with Gasteiger partial charge in [-0.3, -0.25) is 9.59 Å². The lowest BCUT2D eigenvalue weighted by atomic mass is 9.97. The van der Waals surface area contributed by atoms with Crippen LogP contribution in [0.4, 0.5) is 11.4 Å². The van der Waals surface area contributed by atoms with Gasteiger partial charge in [0.05, 0.1) is 17.7 Å². The number of ether oxygens (including phenoxy) is 1. The van der Waals surface area contributed by atoms with Crippen molar-refractivity contribution >= 4 is 33.2 Å². The third-order valence-corrected chi connectivity index (χ3v) is 8.33. The van der Waals surface area contributed by atoms with Crippen molar-refractivity contribution in [3.05, 3.63) is 48.0 Å². The predicted molar refractivity (Wildman–Crippen MR) is 126 cm³/mol. The maximum absolute atomic E-state index is 13.3. The fraction of sp³-hybridized carbons (Fsp3) is 0.417. The second kappa shape index (κ2) is 9.15. The van der Waals surface area contributed by atoms with Gasteiger partial charge in [-0.1, -0.05) is 12.1 Å². The Morgan fingerprint density at radius 2 is 1.79 bits per heavy atom. The molecule has 0 bridgehead atoms. The molecule has 1 atom stereocenters. The van der Waals surface area contributed by atoms with Crippen LogP contribution in [0.1, 0.15) is 32.3 Å². The number of anilines is 2. The molecule has 1 N–H and O–H groups in total. The van der Waals surface area contributed by atoms with Crippen LogP contribution in [0.25, 0.3) is 0 Å². The number of benzene rings is 2. The largest absolute Gasteiger partial charge is 0.495 e. The zero-order valence-corrected chi connectivity index (χ0v) is 19.9. The van der Waals surface area contributed by atoms with E-state index in [9.17, 15) is 18.0 Å². The van der Waals surface area contributed by atoms with Crippen LogP contribution in [0.2, 0.25) is 0 Å². The third-order valence-electron chi connectivity index (χ3n) is 6.43. The van der Waals surface area contributed by atoms with E-state index in [0.29, 0.717) is 30.7 Å². The quantitative estimate of drug-likeness (QED) is 0.723. The molecule has 2 aromatic rings. The number of methoxy groups -OCH3 is 1. The lowest BCUT2D eigenvalue weighted by molar-refractivity contribution is -0.121. The molecule has 0 unspecified atom stereocenters. The standard InChI is InChI=1S/C24H29N3O5S/c1-16-14-19-15-20(8-9-22(19)27(16)17(2)28)33(30,31)26-12-10-18(11-13-26)24(29)25-21-6-4-5-7-23(21)32-3/h4-9,15-16,18H,10-14H2,1-3H3,(H,25,29)/t16-/m0/s1. The lowest BCUT2D eigenvalue weighted by Gasteiger charge is -2.30. The Kier molecular flexibility index (Phi) is 6.45. The highest BCUT2D eigenvalue weighted by Crippen LogP contribution is 2.35. The van der Waals surface area contributed by atoms with Gasteiger partial charge in [-0.15, -0.1) is 0 Å². The Balaban J connectivity index is 1.43. The van der Waals surface area contributed by atoms with E-state index in [1.807, 2.05) is 19.1 Å². The first-order valence-corrected chi connectivity index (χ1v) is 12.5. The molecule has 0 saturated carbocycles. The van der Waals surface area contributed by atoms with Crippen LogP contribution < -0.4 is 15.0 Å². The van der Waals surface area contributed by atoms with E-state index in [4.69, 9.17) is 4.74 Å². The van der Waals surface area contributed by atoms with Gasteiger partial charge in [0.1, 0.15) is 5.75 Å². The van der Waals surface area contributed by atoms with Gasteiger partial charge in [0.15, 0.2) is 0 Å². The average molecular weight is 472 g/mol. The molecule has 0 spiro atoms. The number of carbonyl (C=O) groups excluding carboxylic acids is 2. The Labute approximate surface area is 194 Å². The van der Waals surface area contributed by atoms with Crippen LogP contribution in [0.15, 0.2) is 47.4 Å². The van der Waals surface area contributed by atoms with Gasteiger partial charge in [0.2, 0.25) is 21.8 Å². The van der Waals surface area contributed by atoms with E-state index in [0.717, 1.165) is 11.3 Å². The molecule has 1 saturated heterocycles. The topological polar surface area (TPSA) is 96.0 Å². The molecule has 8 nitrogen and oxygen atoms in total. The highest BCUT2D eigenvalue weighted by Gasteiger charge is 2.34. The van der Waals surface area contributed by atoms with Gasteiger partial charge in [-0.05, 0) is 62.1 Å². The minimum Gasteiger partial charge on any atom is -0.495 e. The summed E-state index contributed by atoms with van der Waals surface area (Å²) in [4.78, 5) is 26.6. The second-order valence-electron chi connectivity index (χ2n) is 8.60. The summed E-state index contributed by atoms with van der Waals surface area (Å²) in [7, 11) is -2.13. The van der Waals surface area contributed by atoms with Crippen molar-refractivity contribution in [1.29, 1.82) is 0 Å². The molecule has 1 fully saturated rings. The number of hydrogen-bond donors (Lipinski definition) is 1. The molecule has 2 aliphatic heterocycles. The molecule has 0 radical (unpaired) electrons. The summed E-state index contributed by atoms with van der Waals surface area (Å²) >= 11 is 0. The molecular weight excluding hydrogens is 442 g/mol. The maximum Gasteiger partial charge on any atom is 0.243 e. The number of piperidine rings is 1. The molecule has 4 rings (SSSR count). The Bertz CT molecular complexity index is 1170. The maximum atomic E-state index is 13.3. The van der Waals surface area contributed by atoms with E-state index >= 15 is 0 Å². The Morgan fingerprint density at radius 3 is 2.45 bits per heavy atom. The molecule has 33 heavy (non-hydrogen) atoms. The summed E-state index contributed by atoms with van der Waals surface area (Å²) in [6.07, 6.45) is 1.52. The highest BCUT2D eigenvalue weighted by molar-refractivity contribution is 7.89. The summed E-state index contributed by atoms with van der Waals surface area (Å²) in [6.45, 7) is 4.03. The van der Waals surface area contributed by atoms with Crippen LogP contribution >= 0.6 is 0 Å². The summed E-state index contributed by atoms with van der Waals surface area (Å²) in [6, 6.07) is 12.2. The molecule has 2 amide bonds. The number of para-hydroxylation sites is 2.